The van der Waals surface area contributed by atoms with Crippen molar-refractivity contribution in [1.29, 1.82) is 0 Å². The van der Waals surface area contributed by atoms with Crippen molar-refractivity contribution < 1.29 is 13.5 Å². The molecule has 6 nitrogen and oxygen atoms in total. The van der Waals surface area contributed by atoms with Crippen LogP contribution >= 0.6 is 23.2 Å². The van der Waals surface area contributed by atoms with Gasteiger partial charge in [-0.1, -0.05) is 23.2 Å². The standard InChI is InChI=1S/C18H17Cl2N3O3S/c19-12-1-2-17-16(8-12)15-3-4-23(10-18(15)22-17)27(25,26)21-9-11-5-13(20)7-14(24)6-11/h1-2,5-8,21-22,24H,3-4,9-10H2. The van der Waals surface area contributed by atoms with Crippen molar-refractivity contribution in [1.82, 2.24) is 14.0 Å². The number of phenolic OH excluding ortho intramolecular Hbond substituents is 1. The number of nitrogens with one attached hydrogen (secondary N) is 2. The lowest BCUT2D eigenvalue weighted by Gasteiger charge is -2.26. The van der Waals surface area contributed by atoms with Gasteiger partial charge in [0.2, 0.25) is 0 Å². The van der Waals surface area contributed by atoms with Crippen LogP contribution in [0.1, 0.15) is 16.8 Å². The fraction of sp³-hybridized carbons (Fsp3) is 0.222. The van der Waals surface area contributed by atoms with Gasteiger partial charge in [0.15, 0.2) is 0 Å². The summed E-state index contributed by atoms with van der Waals surface area (Å²) < 4.78 is 29.4. The van der Waals surface area contributed by atoms with Gasteiger partial charge in [0.1, 0.15) is 5.75 Å². The number of hydrogen-bond donors (Lipinski definition) is 3. The molecule has 0 atom stereocenters. The number of rotatable bonds is 4. The normalized spacial score (nSPS) is 15.2. The first-order chi connectivity index (χ1) is 12.8. The van der Waals surface area contributed by atoms with Gasteiger partial charge in [-0.05, 0) is 53.9 Å². The highest BCUT2D eigenvalue weighted by Gasteiger charge is 2.28. The summed E-state index contributed by atoms with van der Waals surface area (Å²) in [6.45, 7) is 0.683. The average molecular weight is 426 g/mol. The molecule has 0 fully saturated rings. The van der Waals surface area contributed by atoms with E-state index in [9.17, 15) is 13.5 Å². The Morgan fingerprint density at radius 1 is 1.15 bits per heavy atom. The summed E-state index contributed by atoms with van der Waals surface area (Å²) in [6.07, 6.45) is 0.606. The van der Waals surface area contributed by atoms with Crippen LogP contribution in [0.5, 0.6) is 5.75 Å². The Hall–Kier alpha value is -1.77. The van der Waals surface area contributed by atoms with Crippen molar-refractivity contribution in [2.24, 2.45) is 0 Å². The zero-order valence-electron chi connectivity index (χ0n) is 14.2. The lowest BCUT2D eigenvalue weighted by molar-refractivity contribution is 0.381. The van der Waals surface area contributed by atoms with Gasteiger partial charge in [0, 0.05) is 39.7 Å². The highest BCUT2D eigenvalue weighted by Crippen LogP contribution is 2.30. The largest absolute Gasteiger partial charge is 0.508 e. The fourth-order valence-corrected chi connectivity index (χ4v) is 4.98. The summed E-state index contributed by atoms with van der Waals surface area (Å²) >= 11 is 12.0. The summed E-state index contributed by atoms with van der Waals surface area (Å²) in [7, 11) is -3.68. The quantitative estimate of drug-likeness (QED) is 0.596. The molecule has 0 saturated heterocycles. The summed E-state index contributed by atoms with van der Waals surface area (Å²) in [5.41, 5.74) is 3.52. The molecule has 4 rings (SSSR count). The number of hydrogen-bond acceptors (Lipinski definition) is 3. The molecule has 142 valence electrons. The molecule has 3 aromatic rings. The first-order valence-electron chi connectivity index (χ1n) is 8.34. The maximum absolute atomic E-state index is 12.7. The zero-order valence-corrected chi connectivity index (χ0v) is 16.5. The van der Waals surface area contributed by atoms with Crippen LogP contribution in [0.15, 0.2) is 36.4 Å². The highest BCUT2D eigenvalue weighted by molar-refractivity contribution is 7.87. The van der Waals surface area contributed by atoms with Crippen molar-refractivity contribution in [3.05, 3.63) is 63.3 Å². The molecule has 27 heavy (non-hydrogen) atoms. The third-order valence-corrected chi connectivity index (χ3v) is 6.60. The monoisotopic (exact) mass is 425 g/mol. The van der Waals surface area contributed by atoms with Crippen molar-refractivity contribution in [2.75, 3.05) is 6.54 Å². The lowest BCUT2D eigenvalue weighted by atomic mass is 10.0. The summed E-state index contributed by atoms with van der Waals surface area (Å²) in [6, 6.07) is 10.1. The number of nitrogens with zero attached hydrogens (tertiary/aromatic N) is 1. The molecule has 1 aliphatic heterocycles. The topological polar surface area (TPSA) is 85.4 Å². The third kappa shape index (κ3) is 3.79. The number of aromatic hydroxyl groups is 1. The number of phenols is 1. The summed E-state index contributed by atoms with van der Waals surface area (Å²) in [4.78, 5) is 3.29. The number of aromatic nitrogens is 1. The highest BCUT2D eigenvalue weighted by atomic mass is 35.5. The third-order valence-electron chi connectivity index (χ3n) is 4.64. The number of H-pyrrole nitrogens is 1. The molecule has 0 amide bonds. The maximum atomic E-state index is 12.7. The molecule has 0 radical (unpaired) electrons. The average Bonchev–Trinajstić information content (AvgIpc) is 2.96. The summed E-state index contributed by atoms with van der Waals surface area (Å²) in [5, 5.41) is 11.6. The fourth-order valence-electron chi connectivity index (χ4n) is 3.39. The van der Waals surface area contributed by atoms with Crippen LogP contribution in [0.3, 0.4) is 0 Å². The predicted molar refractivity (Wildman–Crippen MR) is 106 cm³/mol. The molecule has 0 bridgehead atoms. The Labute approximate surface area is 166 Å². The van der Waals surface area contributed by atoms with Gasteiger partial charge in [-0.2, -0.15) is 17.4 Å². The van der Waals surface area contributed by atoms with Gasteiger partial charge >= 0.3 is 0 Å². The maximum Gasteiger partial charge on any atom is 0.280 e. The van der Waals surface area contributed by atoms with Crippen molar-refractivity contribution >= 4 is 44.3 Å². The molecular formula is C18H17Cl2N3O3S. The van der Waals surface area contributed by atoms with Crippen LogP contribution < -0.4 is 4.72 Å². The number of halogens is 2. The van der Waals surface area contributed by atoms with E-state index in [1.807, 2.05) is 18.2 Å². The predicted octanol–water partition coefficient (Wildman–Crippen LogP) is 3.57. The van der Waals surface area contributed by atoms with Gasteiger partial charge in [-0.3, -0.25) is 0 Å². The van der Waals surface area contributed by atoms with Crippen molar-refractivity contribution in [3.63, 3.8) is 0 Å². The van der Waals surface area contributed by atoms with Gasteiger partial charge in [0.25, 0.3) is 10.2 Å². The van der Waals surface area contributed by atoms with Crippen LogP contribution in [0, 0.1) is 0 Å². The van der Waals surface area contributed by atoms with Crippen molar-refractivity contribution in [2.45, 2.75) is 19.5 Å². The van der Waals surface area contributed by atoms with E-state index in [0.29, 0.717) is 28.6 Å². The van der Waals surface area contributed by atoms with E-state index >= 15 is 0 Å². The Morgan fingerprint density at radius 3 is 2.74 bits per heavy atom. The van der Waals surface area contributed by atoms with E-state index in [1.54, 1.807) is 6.07 Å². The molecule has 2 aromatic carbocycles. The number of fused-ring (bicyclic) bond motifs is 3. The van der Waals surface area contributed by atoms with E-state index in [1.165, 1.54) is 16.4 Å². The molecule has 0 saturated carbocycles. The first kappa shape index (κ1) is 18.6. The second-order valence-corrected chi connectivity index (χ2v) is 9.13. The van der Waals surface area contributed by atoms with Crippen LogP contribution in [0.4, 0.5) is 0 Å². The van der Waals surface area contributed by atoms with Gasteiger partial charge in [0.05, 0.1) is 6.54 Å². The minimum atomic E-state index is -3.68. The number of benzene rings is 2. The van der Waals surface area contributed by atoms with E-state index in [2.05, 4.69) is 9.71 Å². The van der Waals surface area contributed by atoms with E-state index in [-0.39, 0.29) is 18.8 Å². The molecule has 3 N–H and O–H groups in total. The molecule has 0 unspecified atom stereocenters. The van der Waals surface area contributed by atoms with Gasteiger partial charge in [-0.25, -0.2) is 0 Å². The molecule has 2 heterocycles. The first-order valence-corrected chi connectivity index (χ1v) is 10.5. The summed E-state index contributed by atoms with van der Waals surface area (Å²) in [5.74, 6) is -0.00366. The Kier molecular flexibility index (Phi) is 4.82. The minimum Gasteiger partial charge on any atom is -0.508 e. The van der Waals surface area contributed by atoms with Crippen LogP contribution in [-0.4, -0.2) is 29.4 Å². The van der Waals surface area contributed by atoms with Crippen LogP contribution in [0.2, 0.25) is 10.0 Å². The molecule has 1 aromatic heterocycles. The SMILES string of the molecule is O=S(=O)(NCc1cc(O)cc(Cl)c1)N1CCc2c([nH]c3ccc(Cl)cc23)C1. The molecule has 0 aliphatic carbocycles. The second kappa shape index (κ2) is 7.00. The zero-order chi connectivity index (χ0) is 19.2. The second-order valence-electron chi connectivity index (χ2n) is 6.50. The Bertz CT molecular complexity index is 1110. The van der Waals surface area contributed by atoms with Crippen molar-refractivity contribution in [3.8, 4) is 5.75 Å². The van der Waals surface area contributed by atoms with Crippen LogP contribution in [0.25, 0.3) is 10.9 Å². The van der Waals surface area contributed by atoms with E-state index in [4.69, 9.17) is 23.2 Å². The minimum absolute atomic E-state index is 0.00366. The van der Waals surface area contributed by atoms with Crippen LogP contribution in [-0.2, 0) is 29.7 Å². The van der Waals surface area contributed by atoms with E-state index in [0.717, 1.165) is 22.2 Å². The van der Waals surface area contributed by atoms with Gasteiger partial charge < -0.3 is 10.1 Å². The molecule has 1 aliphatic rings. The Balaban J connectivity index is 1.52. The number of aromatic amines is 1. The smallest absolute Gasteiger partial charge is 0.280 e. The molecular weight excluding hydrogens is 409 g/mol. The van der Waals surface area contributed by atoms with E-state index < -0.39 is 10.2 Å². The molecule has 9 heteroatoms. The Morgan fingerprint density at radius 2 is 1.96 bits per heavy atom. The lowest BCUT2D eigenvalue weighted by Crippen LogP contribution is -2.43. The van der Waals surface area contributed by atoms with Gasteiger partial charge in [-0.15, -0.1) is 0 Å². The molecule has 0 spiro atoms.